The maximum Gasteiger partial charge on any atom is 0.376 e. The third-order valence-corrected chi connectivity index (χ3v) is 1.96. The van der Waals surface area contributed by atoms with Crippen LogP contribution in [-0.4, -0.2) is 11.6 Å². The third-order valence-electron chi connectivity index (χ3n) is 1.96. The maximum atomic E-state index is 12.1. The zero-order valence-electron chi connectivity index (χ0n) is 8.58. The number of hydrogen-bond acceptors (Lipinski definition) is 2. The second-order valence-corrected chi connectivity index (χ2v) is 3.15. The van der Waals surface area contributed by atoms with E-state index >= 15 is 0 Å². The summed E-state index contributed by atoms with van der Waals surface area (Å²) in [6, 6.07) is 7.63. The van der Waals surface area contributed by atoms with Crippen LogP contribution in [0, 0.1) is 13.0 Å². The standard InChI is InChI=1S/C11H8F2NO.Y/c1-7-5-8-3-2-4-9(15-11(12)13)10(8)14-6-7;/h3-6,11H,1H3;/q-1;. The van der Waals surface area contributed by atoms with Crippen LogP contribution in [0.15, 0.2) is 24.4 Å². The molecule has 0 spiro atoms. The molecule has 0 saturated heterocycles. The maximum absolute atomic E-state index is 12.1. The second kappa shape index (κ2) is 5.64. The minimum Gasteiger partial charge on any atom is -0.497 e. The van der Waals surface area contributed by atoms with Crippen molar-refractivity contribution in [1.82, 2.24) is 4.98 Å². The summed E-state index contributed by atoms with van der Waals surface area (Å²) in [7, 11) is 0. The third kappa shape index (κ3) is 2.95. The van der Waals surface area contributed by atoms with Crippen LogP contribution in [0.5, 0.6) is 5.75 Å². The van der Waals surface area contributed by atoms with E-state index in [9.17, 15) is 8.78 Å². The molecule has 2 aromatic rings. The van der Waals surface area contributed by atoms with Crippen LogP contribution in [0.1, 0.15) is 5.56 Å². The Bertz CT molecular complexity index is 490. The molecule has 0 bridgehead atoms. The predicted molar refractivity (Wildman–Crippen MR) is 51.9 cm³/mol. The Morgan fingerprint density at radius 2 is 2.12 bits per heavy atom. The van der Waals surface area contributed by atoms with Gasteiger partial charge in [-0.2, -0.15) is 20.9 Å². The van der Waals surface area contributed by atoms with Gasteiger partial charge in [-0.3, -0.25) is 4.98 Å². The molecule has 0 aliphatic heterocycles. The molecule has 0 aliphatic carbocycles. The molecule has 0 atom stereocenters. The summed E-state index contributed by atoms with van der Waals surface area (Å²) in [5.74, 6) is 0.0579. The molecule has 1 aromatic heterocycles. The molecule has 1 radical (unpaired) electrons. The first-order valence-corrected chi connectivity index (χ1v) is 4.38. The Labute approximate surface area is 117 Å². The molecule has 0 unspecified atom stereocenters. The number of halogens is 2. The van der Waals surface area contributed by atoms with Crippen molar-refractivity contribution in [2.24, 2.45) is 0 Å². The van der Waals surface area contributed by atoms with E-state index in [1.54, 1.807) is 12.3 Å². The van der Waals surface area contributed by atoms with Gasteiger partial charge in [0.1, 0.15) is 0 Å². The summed E-state index contributed by atoms with van der Waals surface area (Å²) in [5, 5.41) is 0.744. The summed E-state index contributed by atoms with van der Waals surface area (Å²) in [6.07, 6.45) is 1.61. The summed E-state index contributed by atoms with van der Waals surface area (Å²) in [5.41, 5.74) is 1.39. The van der Waals surface area contributed by atoms with Crippen molar-refractivity contribution in [2.75, 3.05) is 0 Å². The van der Waals surface area contributed by atoms with Gasteiger partial charge in [0.25, 0.3) is 0 Å². The van der Waals surface area contributed by atoms with Gasteiger partial charge in [-0.1, -0.05) is 0 Å². The largest absolute Gasteiger partial charge is 0.497 e. The molecule has 2 rings (SSSR count). The zero-order valence-corrected chi connectivity index (χ0v) is 11.4. The zero-order chi connectivity index (χ0) is 10.8. The van der Waals surface area contributed by atoms with E-state index in [4.69, 9.17) is 0 Å². The van der Waals surface area contributed by atoms with Crippen molar-refractivity contribution in [1.29, 1.82) is 0 Å². The molecule has 0 fully saturated rings. The van der Waals surface area contributed by atoms with Gasteiger partial charge < -0.3 is 4.74 Å². The molecule has 0 N–H and O–H groups in total. The number of hydrogen-bond donors (Lipinski definition) is 0. The Morgan fingerprint density at radius 1 is 1.38 bits per heavy atom. The van der Waals surface area contributed by atoms with E-state index in [1.165, 1.54) is 6.07 Å². The Morgan fingerprint density at radius 3 is 2.81 bits per heavy atom. The van der Waals surface area contributed by atoms with E-state index in [1.807, 2.05) is 13.0 Å². The van der Waals surface area contributed by atoms with Gasteiger partial charge in [-0.15, -0.1) is 17.5 Å². The van der Waals surface area contributed by atoms with Crippen molar-refractivity contribution < 1.29 is 46.2 Å². The quantitative estimate of drug-likeness (QED) is 0.795. The van der Waals surface area contributed by atoms with Crippen molar-refractivity contribution in [3.8, 4) is 5.75 Å². The van der Waals surface area contributed by atoms with Gasteiger partial charge in [0.05, 0.1) is 0 Å². The molecular weight excluding hydrogens is 289 g/mol. The fraction of sp³-hybridized carbons (Fsp3) is 0.182. The minimum absolute atomic E-state index is 0. The number of nitrogens with zero attached hydrogens (tertiary/aromatic N) is 1. The molecule has 2 nitrogen and oxygen atoms in total. The first-order valence-electron chi connectivity index (χ1n) is 4.38. The number of alkyl halides is 2. The van der Waals surface area contributed by atoms with Crippen molar-refractivity contribution in [3.63, 3.8) is 0 Å². The molecule has 0 saturated carbocycles. The fourth-order valence-corrected chi connectivity index (χ4v) is 1.37. The van der Waals surface area contributed by atoms with Crippen LogP contribution in [0.25, 0.3) is 10.9 Å². The first-order chi connectivity index (χ1) is 7.16. The molecule has 0 amide bonds. The average molecular weight is 297 g/mol. The van der Waals surface area contributed by atoms with Crippen LogP contribution in [0.2, 0.25) is 0 Å². The predicted octanol–water partition coefficient (Wildman–Crippen LogP) is 2.94. The van der Waals surface area contributed by atoms with E-state index in [0.717, 1.165) is 10.9 Å². The number of fused-ring (bicyclic) bond motifs is 1. The van der Waals surface area contributed by atoms with Gasteiger partial charge in [-0.05, 0) is 12.5 Å². The number of aromatic nitrogens is 1. The van der Waals surface area contributed by atoms with Gasteiger partial charge in [0, 0.05) is 50.2 Å². The van der Waals surface area contributed by atoms with Gasteiger partial charge in [0.15, 0.2) is 0 Å². The normalized spacial score (nSPS) is 10.2. The number of rotatable bonds is 2. The van der Waals surface area contributed by atoms with Gasteiger partial charge in [-0.25, -0.2) is 0 Å². The fourth-order valence-electron chi connectivity index (χ4n) is 1.37. The van der Waals surface area contributed by atoms with E-state index < -0.39 is 6.61 Å². The van der Waals surface area contributed by atoms with E-state index in [0.29, 0.717) is 5.52 Å². The Balaban J connectivity index is 0.00000128. The van der Waals surface area contributed by atoms with E-state index in [-0.39, 0.29) is 38.5 Å². The SMILES string of the molecule is Cc1cnc2c(OC(F)F)c[c-]cc2c1.[Y]. The summed E-state index contributed by atoms with van der Waals surface area (Å²) in [4.78, 5) is 4.06. The molecular formula is C11H8F2NOY-. The number of pyridine rings is 1. The molecule has 16 heavy (non-hydrogen) atoms. The Hall–Kier alpha value is -0.606. The molecule has 1 heterocycles. The van der Waals surface area contributed by atoms with Gasteiger partial charge in [0.2, 0.25) is 0 Å². The van der Waals surface area contributed by atoms with Gasteiger partial charge >= 0.3 is 6.61 Å². The molecule has 0 aliphatic rings. The number of benzene rings is 1. The average Bonchev–Trinajstić information content (AvgIpc) is 2.16. The minimum atomic E-state index is -2.84. The molecule has 81 valence electrons. The van der Waals surface area contributed by atoms with Crippen LogP contribution in [0.4, 0.5) is 8.78 Å². The second-order valence-electron chi connectivity index (χ2n) is 3.15. The van der Waals surface area contributed by atoms with Crippen LogP contribution < -0.4 is 4.74 Å². The summed E-state index contributed by atoms with van der Waals surface area (Å²) < 4.78 is 28.5. The molecule has 1 aromatic carbocycles. The monoisotopic (exact) mass is 297 g/mol. The van der Waals surface area contributed by atoms with Crippen molar-refractivity contribution in [2.45, 2.75) is 13.5 Å². The first kappa shape index (κ1) is 13.5. The summed E-state index contributed by atoms with van der Waals surface area (Å²) in [6.45, 7) is -0.959. The molecule has 5 heteroatoms. The summed E-state index contributed by atoms with van der Waals surface area (Å²) >= 11 is 0. The van der Waals surface area contributed by atoms with Crippen LogP contribution in [0.3, 0.4) is 0 Å². The van der Waals surface area contributed by atoms with Crippen LogP contribution >= 0.6 is 0 Å². The smallest absolute Gasteiger partial charge is 0.376 e. The topological polar surface area (TPSA) is 22.1 Å². The van der Waals surface area contributed by atoms with E-state index in [2.05, 4.69) is 15.8 Å². The van der Waals surface area contributed by atoms with Crippen LogP contribution in [-0.2, 0) is 32.7 Å². The van der Waals surface area contributed by atoms with Crippen molar-refractivity contribution >= 4 is 10.9 Å². The number of ether oxygens (including phenoxy) is 1. The Kier molecular flexibility index (Phi) is 4.75. The van der Waals surface area contributed by atoms with Crippen molar-refractivity contribution in [3.05, 3.63) is 36.0 Å². The number of aryl methyl sites for hydroxylation is 1.